The van der Waals surface area contributed by atoms with E-state index >= 15 is 0 Å². The van der Waals surface area contributed by atoms with Gasteiger partial charge in [0.2, 0.25) is 0 Å². The Labute approximate surface area is 149 Å². The van der Waals surface area contributed by atoms with E-state index in [2.05, 4.69) is 10.3 Å². The summed E-state index contributed by atoms with van der Waals surface area (Å²) in [5, 5.41) is 4.99. The van der Waals surface area contributed by atoms with Crippen molar-refractivity contribution < 1.29 is 9.18 Å². The molecule has 2 heterocycles. The maximum atomic E-state index is 13.3. The van der Waals surface area contributed by atoms with E-state index in [1.165, 1.54) is 55.6 Å². The van der Waals surface area contributed by atoms with Gasteiger partial charge in [-0.3, -0.25) is 9.20 Å². The molecule has 0 aliphatic heterocycles. The number of fused-ring (bicyclic) bond motifs is 1. The Morgan fingerprint density at radius 2 is 2.00 bits per heavy atom. The second-order valence-electron chi connectivity index (χ2n) is 6.59. The van der Waals surface area contributed by atoms with Crippen molar-refractivity contribution in [2.24, 2.45) is 5.92 Å². The molecule has 4 rings (SSSR count). The Morgan fingerprint density at radius 3 is 2.76 bits per heavy atom. The third-order valence-electron chi connectivity index (χ3n) is 4.87. The van der Waals surface area contributed by atoms with Crippen molar-refractivity contribution in [1.29, 1.82) is 0 Å². The Hall–Kier alpha value is -2.21. The monoisotopic (exact) mass is 357 g/mol. The van der Waals surface area contributed by atoms with Crippen molar-refractivity contribution in [2.75, 3.05) is 6.54 Å². The molecule has 3 aromatic rings. The molecule has 130 valence electrons. The summed E-state index contributed by atoms with van der Waals surface area (Å²) in [6, 6.07) is 6.19. The van der Waals surface area contributed by atoms with Gasteiger partial charge in [-0.15, -0.1) is 11.3 Å². The lowest BCUT2D eigenvalue weighted by Crippen LogP contribution is -2.30. The Morgan fingerprint density at radius 1 is 1.24 bits per heavy atom. The first kappa shape index (κ1) is 16.3. The lowest BCUT2D eigenvalue weighted by molar-refractivity contribution is 0.0940. The standard InChI is InChI=1S/C19H20FN3OS/c20-15-8-6-14(7-9-15)17-16(22-19-23(17)10-11-25-19)18(24)21-12-13-4-2-1-3-5-13/h6-11,13H,1-5,12H2,(H,21,24). The summed E-state index contributed by atoms with van der Waals surface area (Å²) in [4.78, 5) is 18.0. The minimum absolute atomic E-state index is 0.152. The fraction of sp³-hybridized carbons (Fsp3) is 0.368. The van der Waals surface area contributed by atoms with Gasteiger partial charge in [0.05, 0.1) is 5.69 Å². The van der Waals surface area contributed by atoms with Crippen LogP contribution in [0.3, 0.4) is 0 Å². The molecular formula is C19H20FN3OS. The fourth-order valence-electron chi connectivity index (χ4n) is 3.54. The highest BCUT2D eigenvalue weighted by atomic mass is 32.1. The van der Waals surface area contributed by atoms with Gasteiger partial charge in [0.25, 0.3) is 5.91 Å². The van der Waals surface area contributed by atoms with Gasteiger partial charge in [-0.1, -0.05) is 19.3 Å². The van der Waals surface area contributed by atoms with Gasteiger partial charge in [-0.25, -0.2) is 9.37 Å². The smallest absolute Gasteiger partial charge is 0.272 e. The van der Waals surface area contributed by atoms with Crippen LogP contribution in [-0.4, -0.2) is 21.8 Å². The summed E-state index contributed by atoms with van der Waals surface area (Å²) < 4.78 is 15.2. The summed E-state index contributed by atoms with van der Waals surface area (Å²) in [6.45, 7) is 0.701. The van der Waals surface area contributed by atoms with Crippen LogP contribution in [0.25, 0.3) is 16.2 Å². The number of hydrogen-bond donors (Lipinski definition) is 1. The quantitative estimate of drug-likeness (QED) is 0.747. The molecule has 0 radical (unpaired) electrons. The van der Waals surface area contributed by atoms with Crippen molar-refractivity contribution in [3.8, 4) is 11.3 Å². The van der Waals surface area contributed by atoms with Crippen molar-refractivity contribution >= 4 is 22.2 Å². The first-order chi connectivity index (χ1) is 12.2. The van der Waals surface area contributed by atoms with Gasteiger partial charge in [-0.2, -0.15) is 0 Å². The number of halogens is 1. The number of nitrogens with zero attached hydrogens (tertiary/aromatic N) is 2. The fourth-order valence-corrected chi connectivity index (χ4v) is 4.25. The van der Waals surface area contributed by atoms with E-state index in [4.69, 9.17) is 0 Å². The van der Waals surface area contributed by atoms with Crippen LogP contribution in [0.1, 0.15) is 42.6 Å². The Kier molecular flexibility index (Phi) is 4.53. The SMILES string of the molecule is O=C(NCC1CCCCC1)c1nc2sccn2c1-c1ccc(F)cc1. The summed E-state index contributed by atoms with van der Waals surface area (Å²) in [6.07, 6.45) is 8.07. The van der Waals surface area contributed by atoms with Gasteiger partial charge < -0.3 is 5.32 Å². The van der Waals surface area contributed by atoms with E-state index in [0.717, 1.165) is 16.2 Å². The molecular weight excluding hydrogens is 337 g/mol. The summed E-state index contributed by atoms with van der Waals surface area (Å²) >= 11 is 1.48. The molecule has 25 heavy (non-hydrogen) atoms. The zero-order chi connectivity index (χ0) is 17.2. The molecule has 1 aliphatic rings. The van der Waals surface area contributed by atoms with Crippen LogP contribution in [0.2, 0.25) is 0 Å². The van der Waals surface area contributed by atoms with Crippen molar-refractivity contribution in [3.05, 3.63) is 47.4 Å². The average molecular weight is 357 g/mol. The summed E-state index contributed by atoms with van der Waals surface area (Å²) in [5.74, 6) is 0.120. The molecule has 6 heteroatoms. The average Bonchev–Trinajstić information content (AvgIpc) is 3.22. The highest BCUT2D eigenvalue weighted by Crippen LogP contribution is 2.28. The number of rotatable bonds is 4. The molecule has 1 fully saturated rings. The third-order valence-corrected chi connectivity index (χ3v) is 5.63. The first-order valence-corrected chi connectivity index (χ1v) is 9.60. The maximum absolute atomic E-state index is 13.3. The van der Waals surface area contributed by atoms with E-state index in [1.807, 2.05) is 16.0 Å². The molecule has 1 aromatic carbocycles. The van der Waals surface area contributed by atoms with Gasteiger partial charge in [0.1, 0.15) is 5.82 Å². The molecule has 0 unspecified atom stereocenters. The zero-order valence-electron chi connectivity index (χ0n) is 13.9. The molecule has 1 N–H and O–H groups in total. The number of hydrogen-bond acceptors (Lipinski definition) is 3. The summed E-state index contributed by atoms with van der Waals surface area (Å²) in [5.41, 5.74) is 1.92. The van der Waals surface area contributed by atoms with E-state index in [-0.39, 0.29) is 11.7 Å². The molecule has 0 saturated heterocycles. The van der Waals surface area contributed by atoms with Crippen molar-refractivity contribution in [3.63, 3.8) is 0 Å². The van der Waals surface area contributed by atoms with Crippen LogP contribution in [0.4, 0.5) is 4.39 Å². The van der Waals surface area contributed by atoms with Crippen LogP contribution in [0.15, 0.2) is 35.8 Å². The number of imidazole rings is 1. The number of aromatic nitrogens is 2. The molecule has 1 amide bonds. The number of thiazole rings is 1. The lowest BCUT2D eigenvalue weighted by Gasteiger charge is -2.21. The van der Waals surface area contributed by atoms with E-state index in [1.54, 1.807) is 12.1 Å². The zero-order valence-corrected chi connectivity index (χ0v) is 14.7. The van der Waals surface area contributed by atoms with E-state index in [9.17, 15) is 9.18 Å². The van der Waals surface area contributed by atoms with Gasteiger partial charge in [-0.05, 0) is 43.0 Å². The number of carbonyl (C=O) groups excluding carboxylic acids is 1. The molecule has 4 nitrogen and oxygen atoms in total. The Balaban J connectivity index is 1.62. The number of carbonyl (C=O) groups is 1. The minimum atomic E-state index is -0.293. The van der Waals surface area contributed by atoms with Crippen LogP contribution < -0.4 is 5.32 Å². The minimum Gasteiger partial charge on any atom is -0.350 e. The molecule has 1 aliphatic carbocycles. The number of benzene rings is 1. The maximum Gasteiger partial charge on any atom is 0.272 e. The highest BCUT2D eigenvalue weighted by molar-refractivity contribution is 7.15. The Bertz CT molecular complexity index is 878. The second kappa shape index (κ2) is 6.96. The van der Waals surface area contributed by atoms with Gasteiger partial charge >= 0.3 is 0 Å². The largest absolute Gasteiger partial charge is 0.350 e. The van der Waals surface area contributed by atoms with Gasteiger partial charge in [0.15, 0.2) is 10.7 Å². The molecule has 2 aromatic heterocycles. The van der Waals surface area contributed by atoms with Crippen molar-refractivity contribution in [2.45, 2.75) is 32.1 Å². The predicted octanol–water partition coefficient (Wildman–Crippen LogP) is 4.51. The summed E-state index contributed by atoms with van der Waals surface area (Å²) in [7, 11) is 0. The molecule has 1 saturated carbocycles. The predicted molar refractivity (Wildman–Crippen MR) is 97.4 cm³/mol. The topological polar surface area (TPSA) is 46.4 Å². The van der Waals surface area contributed by atoms with E-state index < -0.39 is 0 Å². The second-order valence-corrected chi connectivity index (χ2v) is 7.46. The van der Waals surface area contributed by atoms with Crippen LogP contribution >= 0.6 is 11.3 Å². The number of amides is 1. The van der Waals surface area contributed by atoms with E-state index in [0.29, 0.717) is 18.2 Å². The van der Waals surface area contributed by atoms with Crippen molar-refractivity contribution in [1.82, 2.24) is 14.7 Å². The normalized spacial score (nSPS) is 15.6. The lowest BCUT2D eigenvalue weighted by atomic mass is 9.89. The van der Waals surface area contributed by atoms with Crippen LogP contribution in [-0.2, 0) is 0 Å². The van der Waals surface area contributed by atoms with Crippen LogP contribution in [0.5, 0.6) is 0 Å². The van der Waals surface area contributed by atoms with Gasteiger partial charge in [0, 0.05) is 23.7 Å². The molecule has 0 spiro atoms. The number of nitrogens with one attached hydrogen (secondary N) is 1. The third kappa shape index (κ3) is 3.31. The highest BCUT2D eigenvalue weighted by Gasteiger charge is 2.22. The molecule has 0 bridgehead atoms. The molecule has 0 atom stereocenters. The first-order valence-electron chi connectivity index (χ1n) is 8.72. The van der Waals surface area contributed by atoms with Crippen LogP contribution in [0, 0.1) is 11.7 Å².